The van der Waals surface area contributed by atoms with E-state index in [1.807, 2.05) is 0 Å². The predicted octanol–water partition coefficient (Wildman–Crippen LogP) is 1.62. The van der Waals surface area contributed by atoms with E-state index in [0.717, 1.165) is 38.1 Å². The summed E-state index contributed by atoms with van der Waals surface area (Å²) in [7, 11) is -3.78. The summed E-state index contributed by atoms with van der Waals surface area (Å²) in [4.78, 5) is 12.9. The standard InChI is InChI=1S/C19H27N5O3S/c1-14(2)18(23-28(26,27)15-9-5-3-6-10-15)19(25)20-13-17-22-21-16-11-7-4-8-12-24(16)17/h3,5-6,9-10,14,18,23H,4,7-8,11-13H2,1-2H3,(H,20,25)/t18-/m0/s1. The molecular weight excluding hydrogens is 378 g/mol. The quantitative estimate of drug-likeness (QED) is 0.728. The second kappa shape index (κ2) is 8.83. The van der Waals surface area contributed by atoms with Gasteiger partial charge in [-0.1, -0.05) is 38.5 Å². The van der Waals surface area contributed by atoms with E-state index in [1.165, 1.54) is 12.1 Å². The monoisotopic (exact) mass is 405 g/mol. The molecule has 28 heavy (non-hydrogen) atoms. The van der Waals surface area contributed by atoms with Gasteiger partial charge in [-0.3, -0.25) is 4.79 Å². The zero-order valence-corrected chi connectivity index (χ0v) is 17.1. The predicted molar refractivity (Wildman–Crippen MR) is 105 cm³/mol. The highest BCUT2D eigenvalue weighted by Gasteiger charge is 2.28. The lowest BCUT2D eigenvalue weighted by Gasteiger charge is -2.21. The lowest BCUT2D eigenvalue weighted by atomic mass is 10.1. The average molecular weight is 406 g/mol. The Morgan fingerprint density at radius 2 is 1.89 bits per heavy atom. The Bertz CT molecular complexity index is 909. The minimum absolute atomic E-state index is 0.135. The van der Waals surface area contributed by atoms with E-state index >= 15 is 0 Å². The summed E-state index contributed by atoms with van der Waals surface area (Å²) in [5.41, 5.74) is 0. The molecule has 0 saturated carbocycles. The topological polar surface area (TPSA) is 106 Å². The molecule has 2 N–H and O–H groups in total. The van der Waals surface area contributed by atoms with E-state index in [9.17, 15) is 13.2 Å². The molecule has 0 saturated heterocycles. The summed E-state index contributed by atoms with van der Waals surface area (Å²) in [6.07, 6.45) is 4.22. The van der Waals surface area contributed by atoms with Crippen molar-refractivity contribution >= 4 is 15.9 Å². The van der Waals surface area contributed by atoms with Crippen molar-refractivity contribution in [3.63, 3.8) is 0 Å². The first-order valence-corrected chi connectivity index (χ1v) is 11.1. The fraction of sp³-hybridized carbons (Fsp3) is 0.526. The number of rotatable bonds is 7. The van der Waals surface area contributed by atoms with Gasteiger partial charge in [-0.15, -0.1) is 10.2 Å². The molecule has 0 radical (unpaired) electrons. The van der Waals surface area contributed by atoms with Gasteiger partial charge in [0.1, 0.15) is 11.9 Å². The molecule has 3 rings (SSSR count). The van der Waals surface area contributed by atoms with Gasteiger partial charge in [0.15, 0.2) is 5.82 Å². The number of aromatic nitrogens is 3. The van der Waals surface area contributed by atoms with Gasteiger partial charge in [0.25, 0.3) is 0 Å². The lowest BCUT2D eigenvalue weighted by Crippen LogP contribution is -2.49. The number of aryl methyl sites for hydroxylation is 1. The largest absolute Gasteiger partial charge is 0.347 e. The number of nitrogens with one attached hydrogen (secondary N) is 2. The number of nitrogens with zero attached hydrogens (tertiary/aromatic N) is 3. The van der Waals surface area contributed by atoms with E-state index in [2.05, 4.69) is 24.8 Å². The van der Waals surface area contributed by atoms with Gasteiger partial charge in [0.05, 0.1) is 11.4 Å². The van der Waals surface area contributed by atoms with E-state index in [-0.39, 0.29) is 23.3 Å². The van der Waals surface area contributed by atoms with Crippen molar-refractivity contribution in [2.75, 3.05) is 0 Å². The van der Waals surface area contributed by atoms with Crippen molar-refractivity contribution in [2.45, 2.75) is 63.6 Å². The lowest BCUT2D eigenvalue weighted by molar-refractivity contribution is -0.123. The maximum Gasteiger partial charge on any atom is 0.241 e. The van der Waals surface area contributed by atoms with Crippen molar-refractivity contribution in [2.24, 2.45) is 5.92 Å². The van der Waals surface area contributed by atoms with Crippen LogP contribution in [-0.2, 0) is 34.3 Å². The molecule has 1 aliphatic rings. The van der Waals surface area contributed by atoms with Gasteiger partial charge in [0, 0.05) is 13.0 Å². The minimum Gasteiger partial charge on any atom is -0.347 e. The maximum atomic E-state index is 12.7. The molecule has 9 heteroatoms. The smallest absolute Gasteiger partial charge is 0.241 e. The van der Waals surface area contributed by atoms with Crippen LogP contribution in [0.3, 0.4) is 0 Å². The summed E-state index contributed by atoms with van der Waals surface area (Å²) in [5, 5.41) is 11.2. The van der Waals surface area contributed by atoms with E-state index in [1.54, 1.807) is 32.0 Å². The Labute approximate surface area is 165 Å². The summed E-state index contributed by atoms with van der Waals surface area (Å²) in [6.45, 7) is 4.69. The van der Waals surface area contributed by atoms with Crippen LogP contribution in [0.25, 0.3) is 0 Å². The summed E-state index contributed by atoms with van der Waals surface area (Å²) < 4.78 is 29.8. The fourth-order valence-corrected chi connectivity index (χ4v) is 4.64. The normalized spacial score (nSPS) is 15.7. The molecule has 2 heterocycles. The van der Waals surface area contributed by atoms with Gasteiger partial charge in [-0.2, -0.15) is 4.72 Å². The summed E-state index contributed by atoms with van der Waals surface area (Å²) >= 11 is 0. The van der Waals surface area contributed by atoms with E-state index < -0.39 is 16.1 Å². The van der Waals surface area contributed by atoms with Gasteiger partial charge < -0.3 is 9.88 Å². The minimum atomic E-state index is -3.78. The van der Waals surface area contributed by atoms with Crippen LogP contribution in [0.2, 0.25) is 0 Å². The summed E-state index contributed by atoms with van der Waals surface area (Å²) in [6, 6.07) is 7.17. The van der Waals surface area contributed by atoms with Crippen LogP contribution in [0, 0.1) is 5.92 Å². The molecule has 0 fully saturated rings. The third-order valence-electron chi connectivity index (χ3n) is 4.89. The number of hydrogen-bond acceptors (Lipinski definition) is 5. The maximum absolute atomic E-state index is 12.7. The van der Waals surface area contributed by atoms with Gasteiger partial charge >= 0.3 is 0 Å². The van der Waals surface area contributed by atoms with E-state index in [0.29, 0.717) is 5.82 Å². The molecule has 1 aromatic heterocycles. The highest BCUT2D eigenvalue weighted by atomic mass is 32.2. The van der Waals surface area contributed by atoms with Crippen LogP contribution >= 0.6 is 0 Å². The second-order valence-corrected chi connectivity index (χ2v) is 9.08. The Hall–Kier alpha value is -2.26. The Kier molecular flexibility index (Phi) is 6.46. The molecule has 8 nitrogen and oxygen atoms in total. The first-order chi connectivity index (χ1) is 13.4. The first kappa shape index (κ1) is 20.5. The van der Waals surface area contributed by atoms with Crippen LogP contribution in [0.15, 0.2) is 35.2 Å². The van der Waals surface area contributed by atoms with Crippen molar-refractivity contribution in [1.29, 1.82) is 0 Å². The zero-order valence-electron chi connectivity index (χ0n) is 16.3. The molecule has 1 aromatic carbocycles. The molecular formula is C19H27N5O3S. The Morgan fingerprint density at radius 1 is 1.14 bits per heavy atom. The van der Waals surface area contributed by atoms with Crippen molar-refractivity contribution in [1.82, 2.24) is 24.8 Å². The number of amides is 1. The number of carbonyl (C=O) groups is 1. The van der Waals surface area contributed by atoms with Crippen molar-refractivity contribution in [3.05, 3.63) is 42.0 Å². The molecule has 2 aromatic rings. The molecule has 0 bridgehead atoms. The number of sulfonamides is 1. The zero-order chi connectivity index (χ0) is 20.1. The molecule has 0 unspecified atom stereocenters. The average Bonchev–Trinajstić information content (AvgIpc) is 2.91. The van der Waals surface area contributed by atoms with Crippen molar-refractivity contribution in [3.8, 4) is 0 Å². The third kappa shape index (κ3) is 4.77. The number of fused-ring (bicyclic) bond motifs is 1. The highest BCUT2D eigenvalue weighted by molar-refractivity contribution is 7.89. The van der Waals surface area contributed by atoms with Gasteiger partial charge in [0.2, 0.25) is 15.9 Å². The number of benzene rings is 1. The molecule has 1 aliphatic heterocycles. The molecule has 1 atom stereocenters. The first-order valence-electron chi connectivity index (χ1n) is 9.64. The Balaban J connectivity index is 1.68. The molecule has 0 aliphatic carbocycles. The molecule has 0 spiro atoms. The highest BCUT2D eigenvalue weighted by Crippen LogP contribution is 2.15. The second-order valence-electron chi connectivity index (χ2n) is 7.37. The van der Waals surface area contributed by atoms with Crippen LogP contribution < -0.4 is 10.0 Å². The SMILES string of the molecule is CC(C)[C@H](NS(=O)(=O)c1ccccc1)C(=O)NCc1nnc2n1CCCCC2. The van der Waals surface area contributed by atoms with Gasteiger partial charge in [-0.05, 0) is 30.9 Å². The van der Waals surface area contributed by atoms with Crippen LogP contribution in [0.5, 0.6) is 0 Å². The van der Waals surface area contributed by atoms with E-state index in [4.69, 9.17) is 0 Å². The number of carbonyl (C=O) groups excluding carboxylic acids is 1. The number of hydrogen-bond donors (Lipinski definition) is 2. The summed E-state index contributed by atoms with van der Waals surface area (Å²) in [5.74, 6) is 1.07. The Morgan fingerprint density at radius 3 is 2.61 bits per heavy atom. The van der Waals surface area contributed by atoms with Crippen LogP contribution in [0.1, 0.15) is 44.8 Å². The van der Waals surface area contributed by atoms with Crippen molar-refractivity contribution < 1.29 is 13.2 Å². The molecule has 1 amide bonds. The molecule has 152 valence electrons. The fourth-order valence-electron chi connectivity index (χ4n) is 3.28. The third-order valence-corrected chi connectivity index (χ3v) is 6.35. The van der Waals surface area contributed by atoms with Gasteiger partial charge in [-0.25, -0.2) is 8.42 Å². The van der Waals surface area contributed by atoms with Crippen LogP contribution in [0.4, 0.5) is 0 Å². The van der Waals surface area contributed by atoms with Crippen LogP contribution in [-0.4, -0.2) is 35.1 Å².